The topological polar surface area (TPSA) is 74.4 Å². The Morgan fingerprint density at radius 3 is 2.42 bits per heavy atom. The summed E-state index contributed by atoms with van der Waals surface area (Å²) in [5, 5.41) is 0. The van der Waals surface area contributed by atoms with Gasteiger partial charge in [0, 0.05) is 6.42 Å². The Hall–Kier alpha value is -1.14. The average molecular weight is 366 g/mol. The molecule has 2 aliphatic carbocycles. The van der Waals surface area contributed by atoms with Gasteiger partial charge in [0.1, 0.15) is 0 Å². The fourth-order valence-electron chi connectivity index (χ4n) is 4.57. The number of carbonyl (C=O) groups excluding carboxylic acids is 2. The van der Waals surface area contributed by atoms with Crippen LogP contribution in [0.2, 0.25) is 0 Å². The molecule has 5 atom stereocenters. The highest BCUT2D eigenvalue weighted by Gasteiger charge is 2.46. The quantitative estimate of drug-likeness (QED) is 0.355. The minimum absolute atomic E-state index is 0.0185. The standard InChI is InChI=1S/C20H30O6/c21-19(24-12-13-8-15-11-16(9-13)25-15)4-2-1-3-7-23-20(22)14-5-6-17-18(10-14)26-17/h13-18H,1-12H2. The molecule has 0 N–H and O–H groups in total. The second kappa shape index (κ2) is 8.26. The molecule has 3 saturated heterocycles. The van der Waals surface area contributed by atoms with E-state index in [-0.39, 0.29) is 17.9 Å². The number of ether oxygens (including phenoxy) is 4. The highest BCUT2D eigenvalue weighted by molar-refractivity contribution is 5.72. The van der Waals surface area contributed by atoms with Gasteiger partial charge in [0.05, 0.1) is 43.5 Å². The lowest BCUT2D eigenvalue weighted by Gasteiger charge is -2.45. The first-order valence-electron chi connectivity index (χ1n) is 10.3. The van der Waals surface area contributed by atoms with Crippen LogP contribution in [0.25, 0.3) is 0 Å². The van der Waals surface area contributed by atoms with Crippen LogP contribution in [0.15, 0.2) is 0 Å². The number of unbranched alkanes of at least 4 members (excludes halogenated alkanes) is 2. The number of hydrogen-bond donors (Lipinski definition) is 0. The van der Waals surface area contributed by atoms with Gasteiger partial charge in [0.2, 0.25) is 0 Å². The first kappa shape index (κ1) is 18.2. The van der Waals surface area contributed by atoms with Gasteiger partial charge in [-0.05, 0) is 63.7 Å². The van der Waals surface area contributed by atoms with Crippen molar-refractivity contribution in [3.63, 3.8) is 0 Å². The monoisotopic (exact) mass is 366 g/mol. The highest BCUT2D eigenvalue weighted by atomic mass is 16.6. The summed E-state index contributed by atoms with van der Waals surface area (Å²) in [7, 11) is 0. The Bertz CT molecular complexity index is 504. The van der Waals surface area contributed by atoms with Gasteiger partial charge in [0.25, 0.3) is 0 Å². The third-order valence-corrected chi connectivity index (χ3v) is 6.19. The van der Waals surface area contributed by atoms with Crippen molar-refractivity contribution >= 4 is 11.9 Å². The van der Waals surface area contributed by atoms with Crippen LogP contribution in [0, 0.1) is 11.8 Å². The normalized spacial score (nSPS) is 37.2. The lowest BCUT2D eigenvalue weighted by molar-refractivity contribution is -0.182. The predicted molar refractivity (Wildman–Crippen MR) is 92.4 cm³/mol. The van der Waals surface area contributed by atoms with Crippen molar-refractivity contribution in [1.29, 1.82) is 0 Å². The molecule has 5 fully saturated rings. The van der Waals surface area contributed by atoms with E-state index in [0.717, 1.165) is 51.4 Å². The van der Waals surface area contributed by atoms with Gasteiger partial charge in [-0.25, -0.2) is 0 Å². The van der Waals surface area contributed by atoms with Crippen LogP contribution in [0.5, 0.6) is 0 Å². The summed E-state index contributed by atoms with van der Waals surface area (Å²) in [6.07, 6.45) is 10.4. The van der Waals surface area contributed by atoms with E-state index in [1.807, 2.05) is 0 Å². The van der Waals surface area contributed by atoms with Crippen molar-refractivity contribution in [1.82, 2.24) is 0 Å². The van der Waals surface area contributed by atoms with E-state index in [9.17, 15) is 9.59 Å². The van der Waals surface area contributed by atoms with E-state index in [0.29, 0.717) is 50.0 Å². The second-order valence-corrected chi connectivity index (χ2v) is 8.34. The van der Waals surface area contributed by atoms with E-state index in [4.69, 9.17) is 18.9 Å². The molecule has 5 unspecified atom stereocenters. The molecule has 0 radical (unpaired) electrons. The first-order valence-corrected chi connectivity index (χ1v) is 10.3. The smallest absolute Gasteiger partial charge is 0.309 e. The zero-order valence-electron chi connectivity index (χ0n) is 15.4. The Balaban J connectivity index is 0.984. The van der Waals surface area contributed by atoms with Gasteiger partial charge in [-0.1, -0.05) is 0 Å². The Morgan fingerprint density at radius 2 is 1.65 bits per heavy atom. The minimum atomic E-state index is -0.108. The molecule has 6 nitrogen and oxygen atoms in total. The van der Waals surface area contributed by atoms with Gasteiger partial charge in [-0.15, -0.1) is 0 Å². The fourth-order valence-corrected chi connectivity index (χ4v) is 4.57. The summed E-state index contributed by atoms with van der Waals surface area (Å²) < 4.78 is 21.8. The van der Waals surface area contributed by atoms with Crippen molar-refractivity contribution < 1.29 is 28.5 Å². The molecule has 26 heavy (non-hydrogen) atoms. The third-order valence-electron chi connectivity index (χ3n) is 6.19. The van der Waals surface area contributed by atoms with Crippen LogP contribution in [0.3, 0.4) is 0 Å². The first-order chi connectivity index (χ1) is 12.7. The van der Waals surface area contributed by atoms with E-state index >= 15 is 0 Å². The molecule has 5 rings (SSSR count). The number of epoxide rings is 1. The summed E-state index contributed by atoms with van der Waals surface area (Å²) in [4.78, 5) is 23.8. The number of fused-ring (bicyclic) bond motifs is 3. The molecule has 0 aromatic rings. The maximum Gasteiger partial charge on any atom is 0.309 e. The maximum absolute atomic E-state index is 12.0. The van der Waals surface area contributed by atoms with E-state index in [1.165, 1.54) is 6.42 Å². The van der Waals surface area contributed by atoms with Gasteiger partial charge >= 0.3 is 11.9 Å². The molecule has 146 valence electrons. The van der Waals surface area contributed by atoms with Crippen molar-refractivity contribution in [3.8, 4) is 0 Å². The molecule has 0 amide bonds. The van der Waals surface area contributed by atoms with Crippen LogP contribution in [-0.2, 0) is 28.5 Å². The van der Waals surface area contributed by atoms with Crippen molar-refractivity contribution in [2.24, 2.45) is 11.8 Å². The fraction of sp³-hybridized carbons (Fsp3) is 0.900. The SMILES string of the molecule is O=C(CCCCCOC(=O)C1CCC2OC2C1)OCC1CC2CC(C1)O2. The molecule has 3 heterocycles. The molecule has 0 aromatic carbocycles. The molecule has 2 bridgehead atoms. The average Bonchev–Trinajstić information content (AvgIpc) is 3.41. The van der Waals surface area contributed by atoms with E-state index < -0.39 is 0 Å². The molecule has 5 aliphatic rings. The van der Waals surface area contributed by atoms with Crippen LogP contribution in [-0.4, -0.2) is 49.6 Å². The van der Waals surface area contributed by atoms with E-state index in [2.05, 4.69) is 0 Å². The van der Waals surface area contributed by atoms with Gasteiger partial charge in [-0.2, -0.15) is 0 Å². The summed E-state index contributed by atoms with van der Waals surface area (Å²) in [5.74, 6) is 0.313. The molecule has 0 aromatic heterocycles. The van der Waals surface area contributed by atoms with Crippen LogP contribution >= 0.6 is 0 Å². The Morgan fingerprint density at radius 1 is 0.846 bits per heavy atom. The summed E-state index contributed by atoms with van der Waals surface area (Å²) in [6.45, 7) is 0.990. The Kier molecular flexibility index (Phi) is 5.79. The van der Waals surface area contributed by atoms with Gasteiger partial charge in [-0.3, -0.25) is 9.59 Å². The number of esters is 2. The van der Waals surface area contributed by atoms with Crippen LogP contribution < -0.4 is 0 Å². The summed E-state index contributed by atoms with van der Waals surface area (Å²) >= 11 is 0. The molecule has 0 spiro atoms. The molecule has 6 heteroatoms. The molecular formula is C20H30O6. The van der Waals surface area contributed by atoms with E-state index in [1.54, 1.807) is 0 Å². The maximum atomic E-state index is 12.0. The second-order valence-electron chi connectivity index (χ2n) is 8.34. The number of rotatable bonds is 9. The predicted octanol–water partition coefficient (Wildman–Crippen LogP) is 2.77. The third kappa shape index (κ3) is 4.77. The van der Waals surface area contributed by atoms with Crippen LogP contribution in [0.4, 0.5) is 0 Å². The van der Waals surface area contributed by atoms with Crippen molar-refractivity contribution in [2.75, 3.05) is 13.2 Å². The minimum Gasteiger partial charge on any atom is -0.465 e. The zero-order chi connectivity index (χ0) is 17.9. The Labute approximate surface area is 154 Å². The van der Waals surface area contributed by atoms with Crippen LogP contribution in [0.1, 0.15) is 64.2 Å². The zero-order valence-corrected chi connectivity index (χ0v) is 15.4. The molecule has 2 saturated carbocycles. The summed E-state index contributed by atoms with van der Waals surface area (Å²) in [5.41, 5.74) is 0. The largest absolute Gasteiger partial charge is 0.465 e. The van der Waals surface area contributed by atoms with Crippen molar-refractivity contribution in [3.05, 3.63) is 0 Å². The number of hydrogen-bond acceptors (Lipinski definition) is 6. The highest BCUT2D eigenvalue weighted by Crippen LogP contribution is 2.40. The molecular weight excluding hydrogens is 336 g/mol. The molecule has 3 aliphatic heterocycles. The van der Waals surface area contributed by atoms with Crippen molar-refractivity contribution in [2.45, 2.75) is 88.6 Å². The lowest BCUT2D eigenvalue weighted by atomic mass is 9.81. The van der Waals surface area contributed by atoms with Gasteiger partial charge < -0.3 is 18.9 Å². The van der Waals surface area contributed by atoms with Gasteiger partial charge in [0.15, 0.2) is 0 Å². The summed E-state index contributed by atoms with van der Waals surface area (Å²) in [6, 6.07) is 0. The number of carbonyl (C=O) groups is 2. The lowest BCUT2D eigenvalue weighted by Crippen LogP contribution is -2.46.